The summed E-state index contributed by atoms with van der Waals surface area (Å²) in [5.74, 6) is 0.221. The molecule has 0 spiro atoms. The molecule has 1 amide bonds. The third-order valence-corrected chi connectivity index (χ3v) is 6.94. The number of phenols is 2. The number of methoxy groups -OCH3 is 1. The summed E-state index contributed by atoms with van der Waals surface area (Å²) >= 11 is 0. The fraction of sp³-hybridized carbons (Fsp3) is 0.172. The van der Waals surface area contributed by atoms with Gasteiger partial charge in [0.1, 0.15) is 5.82 Å². The van der Waals surface area contributed by atoms with Gasteiger partial charge in [0.15, 0.2) is 11.5 Å². The molecule has 1 aliphatic rings. The number of amides is 1. The Morgan fingerprint density at radius 1 is 0.919 bits per heavy atom. The highest BCUT2D eigenvalue weighted by Crippen LogP contribution is 2.39. The van der Waals surface area contributed by atoms with Gasteiger partial charge in [0, 0.05) is 43.0 Å². The normalized spacial score (nSPS) is 13.9. The quantitative estimate of drug-likeness (QED) is 0.311. The second-order valence-electron chi connectivity index (χ2n) is 9.17. The number of hydrogen-bond acceptors (Lipinski definition) is 6. The number of hydrogen-bond donors (Lipinski definition) is 3. The van der Waals surface area contributed by atoms with Crippen LogP contribution in [-0.4, -0.2) is 64.3 Å². The maximum atomic E-state index is 13.1. The van der Waals surface area contributed by atoms with Crippen LogP contribution in [0.2, 0.25) is 0 Å². The van der Waals surface area contributed by atoms with E-state index in [0.29, 0.717) is 24.5 Å². The number of piperazine rings is 1. The molecule has 0 radical (unpaired) electrons. The minimum absolute atomic E-state index is 0.0605. The Morgan fingerprint density at radius 2 is 1.70 bits per heavy atom. The summed E-state index contributed by atoms with van der Waals surface area (Å²) in [5, 5.41) is 22.1. The molecule has 0 aliphatic carbocycles. The third kappa shape index (κ3) is 4.16. The lowest BCUT2D eigenvalue weighted by Crippen LogP contribution is -2.48. The monoisotopic (exact) mass is 494 g/mol. The van der Waals surface area contributed by atoms with Gasteiger partial charge in [-0.3, -0.25) is 4.79 Å². The van der Waals surface area contributed by atoms with E-state index >= 15 is 0 Å². The standard InChI is InChI=1S/C29H26N4O4/c1-37-26-16-21(15-25(34)27(26)35)28-30-23-9-8-22(17-24(23)31-28)32-10-12-33(13-11-32)29(36)20-7-6-18-4-2-3-5-19(18)14-20/h2-9,14-17,34-35H,10-13H2,1H3,(H,30,31). The van der Waals surface area contributed by atoms with Gasteiger partial charge in [-0.15, -0.1) is 0 Å². The Hall–Kier alpha value is -4.72. The molecule has 4 aromatic carbocycles. The predicted molar refractivity (Wildman–Crippen MR) is 143 cm³/mol. The van der Waals surface area contributed by atoms with Crippen molar-refractivity contribution in [2.45, 2.75) is 0 Å². The molecule has 37 heavy (non-hydrogen) atoms. The summed E-state index contributed by atoms with van der Waals surface area (Å²) < 4.78 is 5.15. The zero-order chi connectivity index (χ0) is 25.5. The summed E-state index contributed by atoms with van der Waals surface area (Å²) in [6.45, 7) is 2.74. The molecular formula is C29H26N4O4. The number of nitrogens with one attached hydrogen (secondary N) is 1. The molecule has 186 valence electrons. The van der Waals surface area contributed by atoms with E-state index in [1.165, 1.54) is 13.2 Å². The zero-order valence-electron chi connectivity index (χ0n) is 20.3. The highest BCUT2D eigenvalue weighted by Gasteiger charge is 2.23. The number of carbonyl (C=O) groups excluding carboxylic acids is 1. The molecule has 8 nitrogen and oxygen atoms in total. The molecule has 0 atom stereocenters. The van der Waals surface area contributed by atoms with Crippen molar-refractivity contribution >= 4 is 33.4 Å². The van der Waals surface area contributed by atoms with E-state index in [0.717, 1.165) is 46.1 Å². The molecule has 0 saturated carbocycles. The Bertz CT molecular complexity index is 1640. The van der Waals surface area contributed by atoms with E-state index in [1.807, 2.05) is 65.6 Å². The van der Waals surface area contributed by atoms with Crippen molar-refractivity contribution in [2.24, 2.45) is 0 Å². The van der Waals surface area contributed by atoms with E-state index in [2.05, 4.69) is 9.88 Å². The second kappa shape index (κ2) is 9.05. The number of imidazole rings is 1. The molecule has 1 aromatic heterocycles. The fourth-order valence-corrected chi connectivity index (χ4v) is 4.89. The maximum absolute atomic E-state index is 13.1. The van der Waals surface area contributed by atoms with Crippen LogP contribution in [0.3, 0.4) is 0 Å². The highest BCUT2D eigenvalue weighted by molar-refractivity contribution is 5.98. The molecule has 0 bridgehead atoms. The maximum Gasteiger partial charge on any atom is 0.253 e. The molecule has 8 heteroatoms. The number of nitrogens with zero attached hydrogens (tertiary/aromatic N) is 3. The average Bonchev–Trinajstić information content (AvgIpc) is 3.37. The van der Waals surface area contributed by atoms with E-state index in [4.69, 9.17) is 9.72 Å². The molecule has 2 heterocycles. The van der Waals surface area contributed by atoms with Crippen molar-refractivity contribution in [3.63, 3.8) is 0 Å². The summed E-state index contributed by atoms with van der Waals surface area (Å²) in [6.07, 6.45) is 0. The molecule has 0 unspecified atom stereocenters. The lowest BCUT2D eigenvalue weighted by molar-refractivity contribution is 0.0747. The first-order valence-corrected chi connectivity index (χ1v) is 12.1. The Morgan fingerprint density at radius 3 is 2.49 bits per heavy atom. The van der Waals surface area contributed by atoms with Crippen LogP contribution in [0.1, 0.15) is 10.4 Å². The van der Waals surface area contributed by atoms with Gasteiger partial charge in [0.2, 0.25) is 5.75 Å². The molecule has 6 rings (SSSR count). The molecule has 1 saturated heterocycles. The Labute approximate surface area is 213 Å². The van der Waals surface area contributed by atoms with Crippen LogP contribution in [0.15, 0.2) is 72.8 Å². The first-order chi connectivity index (χ1) is 18.0. The van der Waals surface area contributed by atoms with E-state index in [1.54, 1.807) is 6.07 Å². The average molecular weight is 495 g/mol. The van der Waals surface area contributed by atoms with Crippen molar-refractivity contribution in [3.05, 3.63) is 78.4 Å². The molecule has 5 aromatic rings. The number of carbonyl (C=O) groups is 1. The van der Waals surface area contributed by atoms with Crippen LogP contribution in [0.5, 0.6) is 17.2 Å². The van der Waals surface area contributed by atoms with Crippen LogP contribution in [-0.2, 0) is 0 Å². The van der Waals surface area contributed by atoms with Gasteiger partial charge in [-0.1, -0.05) is 30.3 Å². The van der Waals surface area contributed by atoms with Crippen LogP contribution >= 0.6 is 0 Å². The van der Waals surface area contributed by atoms with Gasteiger partial charge in [0.25, 0.3) is 5.91 Å². The minimum atomic E-state index is -0.303. The van der Waals surface area contributed by atoms with Crippen LogP contribution < -0.4 is 9.64 Å². The lowest BCUT2D eigenvalue weighted by atomic mass is 10.1. The van der Waals surface area contributed by atoms with Crippen molar-refractivity contribution < 1.29 is 19.7 Å². The Balaban J connectivity index is 1.18. The number of rotatable bonds is 4. The first kappa shape index (κ1) is 22.7. The van der Waals surface area contributed by atoms with Crippen molar-refractivity contribution in [1.82, 2.24) is 14.9 Å². The molecular weight excluding hydrogens is 468 g/mol. The number of anilines is 1. The van der Waals surface area contributed by atoms with E-state index in [-0.39, 0.29) is 23.2 Å². The summed E-state index contributed by atoms with van der Waals surface area (Å²) in [7, 11) is 1.43. The van der Waals surface area contributed by atoms with Crippen LogP contribution in [0, 0.1) is 0 Å². The van der Waals surface area contributed by atoms with Gasteiger partial charge in [-0.25, -0.2) is 4.98 Å². The highest BCUT2D eigenvalue weighted by atomic mass is 16.5. The van der Waals surface area contributed by atoms with Crippen molar-refractivity contribution in [1.29, 1.82) is 0 Å². The molecule has 1 fully saturated rings. The number of fused-ring (bicyclic) bond motifs is 2. The number of aromatic nitrogens is 2. The zero-order valence-corrected chi connectivity index (χ0v) is 20.3. The number of phenolic OH excluding ortho intramolecular Hbond substituents is 2. The SMILES string of the molecule is COc1cc(-c2nc3cc(N4CCN(C(=O)c5ccc6ccccc6c5)CC4)ccc3[nH]2)cc(O)c1O. The van der Waals surface area contributed by atoms with Gasteiger partial charge in [-0.2, -0.15) is 0 Å². The summed E-state index contributed by atoms with van der Waals surface area (Å²) in [6, 6.07) is 23.1. The van der Waals surface area contributed by atoms with Crippen molar-refractivity contribution in [2.75, 3.05) is 38.2 Å². The smallest absolute Gasteiger partial charge is 0.253 e. The predicted octanol–water partition coefficient (Wildman–Crippen LogP) is 4.77. The van der Waals surface area contributed by atoms with Crippen LogP contribution in [0.4, 0.5) is 5.69 Å². The number of H-pyrrole nitrogens is 1. The fourth-order valence-electron chi connectivity index (χ4n) is 4.89. The first-order valence-electron chi connectivity index (χ1n) is 12.1. The van der Waals surface area contributed by atoms with Crippen molar-refractivity contribution in [3.8, 4) is 28.6 Å². The summed E-state index contributed by atoms with van der Waals surface area (Å²) in [5.41, 5.74) is 4.00. The number of ether oxygens (including phenoxy) is 1. The topological polar surface area (TPSA) is 102 Å². The largest absolute Gasteiger partial charge is 0.504 e. The minimum Gasteiger partial charge on any atom is -0.504 e. The lowest BCUT2D eigenvalue weighted by Gasteiger charge is -2.36. The van der Waals surface area contributed by atoms with Gasteiger partial charge in [0.05, 0.1) is 18.1 Å². The van der Waals surface area contributed by atoms with E-state index in [9.17, 15) is 15.0 Å². The Kier molecular flexibility index (Phi) is 5.56. The molecule has 1 aliphatic heterocycles. The summed E-state index contributed by atoms with van der Waals surface area (Å²) in [4.78, 5) is 25.3. The van der Waals surface area contributed by atoms with E-state index < -0.39 is 0 Å². The number of benzene rings is 4. The second-order valence-corrected chi connectivity index (χ2v) is 9.17. The number of aromatic amines is 1. The van der Waals surface area contributed by atoms with Gasteiger partial charge in [-0.05, 0) is 53.2 Å². The van der Waals surface area contributed by atoms with Crippen LogP contribution in [0.25, 0.3) is 33.2 Å². The molecule has 3 N–H and O–H groups in total. The van der Waals surface area contributed by atoms with Gasteiger partial charge >= 0.3 is 0 Å². The van der Waals surface area contributed by atoms with Gasteiger partial charge < -0.3 is 29.7 Å². The third-order valence-electron chi connectivity index (χ3n) is 6.94. The number of aromatic hydroxyl groups is 2.